The van der Waals surface area contributed by atoms with Gasteiger partial charge < -0.3 is 9.80 Å². The number of likely N-dealkylation sites (N-methyl/N-ethyl adjacent to an activating group) is 2. The van der Waals surface area contributed by atoms with Crippen LogP contribution >= 0.6 is 0 Å². The van der Waals surface area contributed by atoms with E-state index in [1.807, 2.05) is 0 Å². The number of piperazine rings is 1. The van der Waals surface area contributed by atoms with Gasteiger partial charge in [0.2, 0.25) is 0 Å². The Bertz CT molecular complexity index is 307. The number of nitrogens with zero attached hydrogens (tertiary/aromatic N) is 4. The van der Waals surface area contributed by atoms with Gasteiger partial charge in [-0.3, -0.25) is 9.80 Å². The first-order valence-corrected chi connectivity index (χ1v) is 7.09. The van der Waals surface area contributed by atoms with E-state index < -0.39 is 0 Å². The van der Waals surface area contributed by atoms with E-state index in [-0.39, 0.29) is 0 Å². The van der Waals surface area contributed by atoms with Gasteiger partial charge in [0.15, 0.2) is 0 Å². The minimum absolute atomic E-state index is 0.865. The number of hydrogen-bond acceptors (Lipinski definition) is 4. The van der Waals surface area contributed by atoms with Gasteiger partial charge in [-0.25, -0.2) is 0 Å². The van der Waals surface area contributed by atoms with Crippen LogP contribution in [0.2, 0.25) is 0 Å². The lowest BCUT2D eigenvalue weighted by Crippen LogP contribution is -2.70. The van der Waals surface area contributed by atoms with Crippen molar-refractivity contribution >= 4 is 0 Å². The zero-order chi connectivity index (χ0) is 11.6. The maximum absolute atomic E-state index is 2.81. The summed E-state index contributed by atoms with van der Waals surface area (Å²) in [6, 6.07) is 3.49. The highest BCUT2D eigenvalue weighted by atomic mass is 15.4. The maximum Gasteiger partial charge on any atom is 0.0354 e. The largest absolute Gasteiger partial charge is 0.303 e. The summed E-state index contributed by atoms with van der Waals surface area (Å²) in [6.45, 7) is 7.91. The second kappa shape index (κ2) is 3.67. The lowest BCUT2D eigenvalue weighted by atomic mass is 9.98. The van der Waals surface area contributed by atoms with Crippen LogP contribution in [-0.2, 0) is 0 Å². The highest BCUT2D eigenvalue weighted by molar-refractivity contribution is 5.05. The van der Waals surface area contributed by atoms with Gasteiger partial charge >= 0.3 is 0 Å². The zero-order valence-electron chi connectivity index (χ0n) is 11.0. The summed E-state index contributed by atoms with van der Waals surface area (Å²) in [5.41, 5.74) is 0. The summed E-state index contributed by atoms with van der Waals surface area (Å²) in [5.74, 6) is 0. The van der Waals surface area contributed by atoms with Gasteiger partial charge in [-0.05, 0) is 20.5 Å². The van der Waals surface area contributed by atoms with Crippen LogP contribution in [0.15, 0.2) is 0 Å². The van der Waals surface area contributed by atoms with E-state index in [4.69, 9.17) is 0 Å². The van der Waals surface area contributed by atoms with Crippen molar-refractivity contribution in [3.63, 3.8) is 0 Å². The molecule has 0 aromatic carbocycles. The fourth-order valence-electron chi connectivity index (χ4n) is 4.24. The Labute approximate surface area is 104 Å². The maximum atomic E-state index is 2.81. The molecule has 2 atom stereocenters. The minimum atomic E-state index is 0.865. The van der Waals surface area contributed by atoms with Crippen LogP contribution in [0.3, 0.4) is 0 Å². The Kier molecular flexibility index (Phi) is 2.32. The van der Waals surface area contributed by atoms with Crippen LogP contribution in [0.25, 0.3) is 0 Å². The molecule has 2 bridgehead atoms. The quantitative estimate of drug-likeness (QED) is 0.633. The van der Waals surface area contributed by atoms with Crippen molar-refractivity contribution in [2.75, 3.05) is 53.4 Å². The highest BCUT2D eigenvalue weighted by Crippen LogP contribution is 2.34. The number of hydrogen-bond donors (Lipinski definition) is 0. The third-order valence-corrected chi connectivity index (χ3v) is 5.48. The summed E-state index contributed by atoms with van der Waals surface area (Å²) in [7, 11) is 4.52. The molecular weight excluding hydrogens is 212 g/mol. The normalized spacial score (nSPS) is 42.0. The average Bonchev–Trinajstić information content (AvgIpc) is 2.71. The summed E-state index contributed by atoms with van der Waals surface area (Å²) >= 11 is 0. The van der Waals surface area contributed by atoms with Gasteiger partial charge in [-0.15, -0.1) is 0 Å². The molecule has 96 valence electrons. The second-order valence-electron chi connectivity index (χ2n) is 6.66. The highest BCUT2D eigenvalue weighted by Gasteiger charge is 2.48. The number of fused-ring (bicyclic) bond motifs is 2. The van der Waals surface area contributed by atoms with E-state index in [0.717, 1.165) is 24.2 Å². The van der Waals surface area contributed by atoms with E-state index >= 15 is 0 Å². The van der Waals surface area contributed by atoms with E-state index in [1.54, 1.807) is 0 Å². The first-order chi connectivity index (χ1) is 8.20. The number of likely N-dealkylation sites (tertiary alicyclic amines) is 4. The van der Waals surface area contributed by atoms with E-state index in [9.17, 15) is 0 Å². The molecule has 0 N–H and O–H groups in total. The van der Waals surface area contributed by atoms with Gasteiger partial charge in [-0.2, -0.15) is 0 Å². The molecular formula is C13H24N4. The smallest absolute Gasteiger partial charge is 0.0354 e. The molecule has 4 aliphatic rings. The Hall–Kier alpha value is -0.160. The van der Waals surface area contributed by atoms with Crippen LogP contribution in [0, 0.1) is 0 Å². The van der Waals surface area contributed by atoms with Crippen LogP contribution < -0.4 is 0 Å². The molecule has 0 saturated carbocycles. The molecule has 4 aliphatic heterocycles. The fraction of sp³-hybridized carbons (Fsp3) is 1.00. The fourth-order valence-corrected chi connectivity index (χ4v) is 4.24. The molecule has 2 unspecified atom stereocenters. The Morgan fingerprint density at radius 2 is 1.47 bits per heavy atom. The third-order valence-electron chi connectivity index (χ3n) is 5.48. The molecule has 4 fully saturated rings. The summed E-state index contributed by atoms with van der Waals surface area (Å²) < 4.78 is 0. The Morgan fingerprint density at radius 3 is 2.00 bits per heavy atom. The summed E-state index contributed by atoms with van der Waals surface area (Å²) in [6.07, 6.45) is 1.43. The van der Waals surface area contributed by atoms with Crippen molar-refractivity contribution in [1.29, 1.82) is 0 Å². The molecule has 0 aromatic rings. The van der Waals surface area contributed by atoms with Crippen molar-refractivity contribution < 1.29 is 0 Å². The molecule has 4 nitrogen and oxygen atoms in total. The molecule has 0 aliphatic carbocycles. The molecule has 4 saturated heterocycles. The SMILES string of the molecule is CN1CC(N2CC(N3CC4CC3CN4C)C2)C1. The molecule has 0 amide bonds. The van der Waals surface area contributed by atoms with Crippen molar-refractivity contribution in [2.45, 2.75) is 30.6 Å². The molecule has 0 radical (unpaired) electrons. The van der Waals surface area contributed by atoms with Crippen molar-refractivity contribution in [3.05, 3.63) is 0 Å². The van der Waals surface area contributed by atoms with Crippen molar-refractivity contribution in [2.24, 2.45) is 0 Å². The van der Waals surface area contributed by atoms with Crippen LogP contribution in [-0.4, -0.2) is 97.1 Å². The van der Waals surface area contributed by atoms with E-state index in [0.29, 0.717) is 0 Å². The minimum Gasteiger partial charge on any atom is -0.303 e. The molecule has 17 heavy (non-hydrogen) atoms. The van der Waals surface area contributed by atoms with Crippen molar-refractivity contribution in [3.8, 4) is 0 Å². The van der Waals surface area contributed by atoms with Crippen LogP contribution in [0.5, 0.6) is 0 Å². The summed E-state index contributed by atoms with van der Waals surface area (Å²) in [5, 5.41) is 0. The Morgan fingerprint density at radius 1 is 0.706 bits per heavy atom. The second-order valence-corrected chi connectivity index (χ2v) is 6.66. The Balaban J connectivity index is 1.30. The monoisotopic (exact) mass is 236 g/mol. The van der Waals surface area contributed by atoms with Crippen LogP contribution in [0.1, 0.15) is 6.42 Å². The standard InChI is InChI=1S/C13H24N4/c1-14-4-12(5-14)16-7-13(8-16)17-9-10-3-11(17)6-15(10)2/h10-13H,3-9H2,1-2H3. The van der Waals surface area contributed by atoms with Gasteiger partial charge in [0.25, 0.3) is 0 Å². The van der Waals surface area contributed by atoms with E-state index in [1.165, 1.54) is 45.7 Å². The molecule has 0 spiro atoms. The average molecular weight is 236 g/mol. The molecule has 0 aromatic heterocycles. The first kappa shape index (κ1) is 10.7. The molecule has 4 heteroatoms. The van der Waals surface area contributed by atoms with E-state index in [2.05, 4.69) is 33.7 Å². The lowest BCUT2D eigenvalue weighted by Gasteiger charge is -2.54. The first-order valence-electron chi connectivity index (χ1n) is 7.09. The van der Waals surface area contributed by atoms with Crippen molar-refractivity contribution in [1.82, 2.24) is 19.6 Å². The van der Waals surface area contributed by atoms with Gasteiger partial charge in [0.05, 0.1) is 0 Å². The van der Waals surface area contributed by atoms with Gasteiger partial charge in [0, 0.05) is 63.4 Å². The zero-order valence-corrected chi connectivity index (χ0v) is 11.0. The predicted molar refractivity (Wildman–Crippen MR) is 68.2 cm³/mol. The predicted octanol–water partition coefficient (Wildman–Crippen LogP) is -0.627. The lowest BCUT2D eigenvalue weighted by molar-refractivity contribution is -0.0550. The van der Waals surface area contributed by atoms with Gasteiger partial charge in [-0.1, -0.05) is 0 Å². The summed E-state index contributed by atoms with van der Waals surface area (Å²) in [4.78, 5) is 10.5. The topological polar surface area (TPSA) is 13.0 Å². The number of rotatable bonds is 2. The third kappa shape index (κ3) is 1.58. The molecule has 4 rings (SSSR count). The van der Waals surface area contributed by atoms with Crippen LogP contribution in [0.4, 0.5) is 0 Å². The van der Waals surface area contributed by atoms with Gasteiger partial charge in [0.1, 0.15) is 0 Å². The molecule has 4 heterocycles.